The van der Waals surface area contributed by atoms with E-state index in [0.29, 0.717) is 5.69 Å². The van der Waals surface area contributed by atoms with Crippen molar-refractivity contribution in [2.45, 2.75) is 33.7 Å². The molecule has 0 spiro atoms. The van der Waals surface area contributed by atoms with Crippen LogP contribution in [0.25, 0.3) is 0 Å². The summed E-state index contributed by atoms with van der Waals surface area (Å²) in [7, 11) is 0. The standard InChI is InChI=1S/C17H21FN2/c1-5-19-16(17-15(18)7-6-8-20-17)14-10-12(3)11(2)9-13(14)4/h6-10,16,19H,5H2,1-4H3. The SMILES string of the molecule is CCNC(c1cc(C)c(C)cc1C)c1ncccc1F. The molecule has 1 aromatic carbocycles. The maximum absolute atomic E-state index is 14.1. The Balaban J connectivity index is 2.54. The third-order valence-corrected chi connectivity index (χ3v) is 3.66. The molecule has 0 aliphatic heterocycles. The fourth-order valence-corrected chi connectivity index (χ4v) is 2.46. The molecule has 0 saturated carbocycles. The van der Waals surface area contributed by atoms with Crippen LogP contribution in [-0.2, 0) is 0 Å². The van der Waals surface area contributed by atoms with Gasteiger partial charge in [0.25, 0.3) is 0 Å². The summed E-state index contributed by atoms with van der Waals surface area (Å²) in [5.41, 5.74) is 5.17. The van der Waals surface area contributed by atoms with E-state index in [-0.39, 0.29) is 11.9 Å². The van der Waals surface area contributed by atoms with E-state index in [1.807, 2.05) is 6.92 Å². The molecule has 1 unspecified atom stereocenters. The lowest BCUT2D eigenvalue weighted by molar-refractivity contribution is 0.541. The van der Waals surface area contributed by atoms with E-state index >= 15 is 0 Å². The molecule has 0 aliphatic carbocycles. The number of benzene rings is 1. The van der Waals surface area contributed by atoms with Crippen LogP contribution in [0.5, 0.6) is 0 Å². The van der Waals surface area contributed by atoms with Gasteiger partial charge in [0, 0.05) is 6.20 Å². The zero-order chi connectivity index (χ0) is 14.7. The van der Waals surface area contributed by atoms with Crippen LogP contribution in [0.3, 0.4) is 0 Å². The van der Waals surface area contributed by atoms with Gasteiger partial charge in [-0.05, 0) is 61.7 Å². The van der Waals surface area contributed by atoms with Crippen LogP contribution >= 0.6 is 0 Å². The molecule has 2 nitrogen and oxygen atoms in total. The van der Waals surface area contributed by atoms with Crippen molar-refractivity contribution in [3.8, 4) is 0 Å². The van der Waals surface area contributed by atoms with Crippen molar-refractivity contribution in [2.24, 2.45) is 0 Å². The highest BCUT2D eigenvalue weighted by atomic mass is 19.1. The summed E-state index contributed by atoms with van der Waals surface area (Å²) < 4.78 is 14.1. The number of pyridine rings is 1. The lowest BCUT2D eigenvalue weighted by Gasteiger charge is -2.21. The van der Waals surface area contributed by atoms with Crippen LogP contribution in [0.2, 0.25) is 0 Å². The summed E-state index contributed by atoms with van der Waals surface area (Å²) >= 11 is 0. The average molecular weight is 272 g/mol. The van der Waals surface area contributed by atoms with Crippen molar-refractivity contribution in [2.75, 3.05) is 6.54 Å². The number of nitrogens with one attached hydrogen (secondary N) is 1. The average Bonchev–Trinajstić information content (AvgIpc) is 2.42. The third kappa shape index (κ3) is 2.88. The first-order valence-electron chi connectivity index (χ1n) is 6.96. The second kappa shape index (κ2) is 6.14. The molecule has 0 fully saturated rings. The fraction of sp³-hybridized carbons (Fsp3) is 0.353. The molecule has 1 aromatic heterocycles. The Bertz CT molecular complexity index is 608. The first kappa shape index (κ1) is 14.7. The van der Waals surface area contributed by atoms with Crippen LogP contribution in [0, 0.1) is 26.6 Å². The van der Waals surface area contributed by atoms with Crippen molar-refractivity contribution >= 4 is 0 Å². The summed E-state index contributed by atoms with van der Waals surface area (Å²) in [5, 5.41) is 3.34. The van der Waals surface area contributed by atoms with E-state index in [2.05, 4.69) is 43.2 Å². The second-order valence-electron chi connectivity index (χ2n) is 5.15. The summed E-state index contributed by atoms with van der Waals surface area (Å²) in [6.45, 7) is 9.01. The number of aryl methyl sites for hydroxylation is 3. The molecular formula is C17H21FN2. The maximum atomic E-state index is 14.1. The number of nitrogens with zero attached hydrogens (tertiary/aromatic N) is 1. The van der Waals surface area contributed by atoms with E-state index in [4.69, 9.17) is 0 Å². The number of aromatic nitrogens is 1. The highest BCUT2D eigenvalue weighted by Crippen LogP contribution is 2.27. The van der Waals surface area contributed by atoms with Crippen molar-refractivity contribution in [1.82, 2.24) is 10.3 Å². The molecule has 0 bridgehead atoms. The lowest BCUT2D eigenvalue weighted by atomic mass is 9.93. The van der Waals surface area contributed by atoms with E-state index in [9.17, 15) is 4.39 Å². The van der Waals surface area contributed by atoms with E-state index in [1.54, 1.807) is 12.3 Å². The molecule has 0 aliphatic rings. The van der Waals surface area contributed by atoms with Crippen LogP contribution in [0.4, 0.5) is 4.39 Å². The number of rotatable bonds is 4. The Hall–Kier alpha value is -1.74. The monoisotopic (exact) mass is 272 g/mol. The Morgan fingerprint density at radius 2 is 1.85 bits per heavy atom. The number of halogens is 1. The first-order valence-corrected chi connectivity index (χ1v) is 6.96. The molecule has 1 atom stereocenters. The highest BCUT2D eigenvalue weighted by molar-refractivity contribution is 5.41. The zero-order valence-corrected chi connectivity index (χ0v) is 12.5. The van der Waals surface area contributed by atoms with Crippen LogP contribution < -0.4 is 5.32 Å². The first-order chi connectivity index (χ1) is 9.54. The van der Waals surface area contributed by atoms with Crippen LogP contribution in [0.15, 0.2) is 30.5 Å². The van der Waals surface area contributed by atoms with Crippen molar-refractivity contribution in [3.63, 3.8) is 0 Å². The minimum atomic E-state index is -0.268. The Kier molecular flexibility index (Phi) is 4.50. The molecule has 0 saturated heterocycles. The molecule has 0 radical (unpaired) electrons. The van der Waals surface area contributed by atoms with Crippen LogP contribution in [0.1, 0.15) is 40.9 Å². The quantitative estimate of drug-likeness (QED) is 0.914. The highest BCUT2D eigenvalue weighted by Gasteiger charge is 2.20. The zero-order valence-electron chi connectivity index (χ0n) is 12.5. The molecule has 20 heavy (non-hydrogen) atoms. The van der Waals surface area contributed by atoms with Gasteiger partial charge in [-0.25, -0.2) is 4.39 Å². The predicted octanol–water partition coefficient (Wildman–Crippen LogP) is 3.84. The van der Waals surface area contributed by atoms with Gasteiger partial charge in [-0.3, -0.25) is 4.98 Å². The Morgan fingerprint density at radius 3 is 2.50 bits per heavy atom. The van der Waals surface area contributed by atoms with Gasteiger partial charge >= 0.3 is 0 Å². The smallest absolute Gasteiger partial charge is 0.146 e. The molecule has 1 N–H and O–H groups in total. The topological polar surface area (TPSA) is 24.9 Å². The largest absolute Gasteiger partial charge is 0.305 e. The minimum Gasteiger partial charge on any atom is -0.305 e. The fourth-order valence-electron chi connectivity index (χ4n) is 2.46. The van der Waals surface area contributed by atoms with Gasteiger partial charge in [-0.2, -0.15) is 0 Å². The lowest BCUT2D eigenvalue weighted by Crippen LogP contribution is -2.25. The molecular weight excluding hydrogens is 251 g/mol. The van der Waals surface area contributed by atoms with Gasteiger partial charge in [0.1, 0.15) is 5.82 Å². The number of hydrogen-bond donors (Lipinski definition) is 1. The summed E-state index contributed by atoms with van der Waals surface area (Å²) in [5.74, 6) is -0.268. The molecule has 3 heteroatoms. The molecule has 106 valence electrons. The predicted molar refractivity (Wildman–Crippen MR) is 80.4 cm³/mol. The van der Waals surface area contributed by atoms with Gasteiger partial charge < -0.3 is 5.32 Å². The van der Waals surface area contributed by atoms with E-state index in [1.165, 1.54) is 17.2 Å². The summed E-state index contributed by atoms with van der Waals surface area (Å²) in [4.78, 5) is 4.23. The molecule has 0 amide bonds. The summed E-state index contributed by atoms with van der Waals surface area (Å²) in [6.07, 6.45) is 1.64. The minimum absolute atomic E-state index is 0.208. The Morgan fingerprint density at radius 1 is 1.15 bits per heavy atom. The third-order valence-electron chi connectivity index (χ3n) is 3.66. The molecule has 2 rings (SSSR count). The van der Waals surface area contributed by atoms with Crippen molar-refractivity contribution < 1.29 is 4.39 Å². The molecule has 1 heterocycles. The van der Waals surface area contributed by atoms with Crippen LogP contribution in [-0.4, -0.2) is 11.5 Å². The summed E-state index contributed by atoms with van der Waals surface area (Å²) in [6, 6.07) is 7.15. The van der Waals surface area contributed by atoms with Gasteiger partial charge in [-0.1, -0.05) is 19.1 Å². The van der Waals surface area contributed by atoms with Gasteiger partial charge in [0.2, 0.25) is 0 Å². The van der Waals surface area contributed by atoms with E-state index in [0.717, 1.165) is 17.7 Å². The second-order valence-corrected chi connectivity index (χ2v) is 5.15. The normalized spacial score (nSPS) is 12.4. The van der Waals surface area contributed by atoms with E-state index < -0.39 is 0 Å². The maximum Gasteiger partial charge on any atom is 0.146 e. The van der Waals surface area contributed by atoms with Gasteiger partial charge in [-0.15, -0.1) is 0 Å². The van der Waals surface area contributed by atoms with Crippen molar-refractivity contribution in [1.29, 1.82) is 0 Å². The van der Waals surface area contributed by atoms with Crippen molar-refractivity contribution in [3.05, 3.63) is 64.2 Å². The van der Waals surface area contributed by atoms with Gasteiger partial charge in [0.05, 0.1) is 11.7 Å². The Labute approximate surface area is 120 Å². The number of hydrogen-bond acceptors (Lipinski definition) is 2. The molecule has 2 aromatic rings. The van der Waals surface area contributed by atoms with Gasteiger partial charge in [0.15, 0.2) is 0 Å².